The summed E-state index contributed by atoms with van der Waals surface area (Å²) in [6.07, 6.45) is 4.22. The summed E-state index contributed by atoms with van der Waals surface area (Å²) in [6.45, 7) is 0. The van der Waals surface area contributed by atoms with E-state index in [1.165, 1.54) is 18.7 Å². The van der Waals surface area contributed by atoms with Crippen molar-refractivity contribution < 1.29 is 15.0 Å². The Morgan fingerprint density at radius 1 is 1.33 bits per heavy atom. The van der Waals surface area contributed by atoms with Crippen molar-refractivity contribution in [1.82, 2.24) is 19.5 Å². The predicted octanol–water partition coefficient (Wildman–Crippen LogP) is -1.46. The summed E-state index contributed by atoms with van der Waals surface area (Å²) in [5.41, 5.74) is 5.08. The smallest absolute Gasteiger partial charge is 0.249 e. The van der Waals surface area contributed by atoms with Crippen LogP contribution in [0.1, 0.15) is 11.7 Å². The summed E-state index contributed by atoms with van der Waals surface area (Å²) in [7, 11) is 0. The highest BCUT2D eigenvalue weighted by molar-refractivity contribution is 5.79. The number of aromatic nitrogens is 4. The maximum Gasteiger partial charge on any atom is 0.249 e. The zero-order valence-corrected chi connectivity index (χ0v) is 9.21. The van der Waals surface area contributed by atoms with Crippen molar-refractivity contribution in [3.8, 4) is 5.95 Å². The molecule has 2 heterocycles. The van der Waals surface area contributed by atoms with Gasteiger partial charge in [0.2, 0.25) is 11.9 Å². The van der Waals surface area contributed by atoms with Gasteiger partial charge >= 0.3 is 0 Å². The van der Waals surface area contributed by atoms with Crippen molar-refractivity contribution >= 4 is 5.91 Å². The van der Waals surface area contributed by atoms with Gasteiger partial charge in [-0.2, -0.15) is 0 Å². The molecule has 0 aliphatic carbocycles. The molecular formula is C10H11N5O3. The third-order valence-corrected chi connectivity index (χ3v) is 2.33. The van der Waals surface area contributed by atoms with Crippen molar-refractivity contribution in [2.24, 2.45) is 5.73 Å². The third-order valence-electron chi connectivity index (χ3n) is 2.33. The Morgan fingerprint density at radius 3 is 2.50 bits per heavy atom. The zero-order chi connectivity index (χ0) is 13.1. The van der Waals surface area contributed by atoms with E-state index in [0.717, 1.165) is 0 Å². The molecule has 0 fully saturated rings. The maximum absolute atomic E-state index is 10.7. The normalized spacial score (nSPS) is 14.1. The van der Waals surface area contributed by atoms with Crippen molar-refractivity contribution in [1.29, 1.82) is 0 Å². The van der Waals surface area contributed by atoms with Gasteiger partial charge in [-0.15, -0.1) is 0 Å². The van der Waals surface area contributed by atoms with Crippen LogP contribution in [0, 0.1) is 0 Å². The molecule has 2 aromatic heterocycles. The van der Waals surface area contributed by atoms with Crippen molar-refractivity contribution in [2.75, 3.05) is 0 Å². The van der Waals surface area contributed by atoms with Crippen molar-refractivity contribution in [3.05, 3.63) is 36.7 Å². The van der Waals surface area contributed by atoms with E-state index in [4.69, 9.17) is 5.73 Å². The fourth-order valence-electron chi connectivity index (χ4n) is 1.33. The van der Waals surface area contributed by atoms with Crippen LogP contribution in [0.15, 0.2) is 31.1 Å². The Morgan fingerprint density at radius 2 is 2.00 bits per heavy atom. The van der Waals surface area contributed by atoms with Crippen LogP contribution in [-0.4, -0.2) is 41.7 Å². The van der Waals surface area contributed by atoms with Gasteiger partial charge in [0, 0.05) is 30.4 Å². The van der Waals surface area contributed by atoms with Crippen LogP contribution in [0.5, 0.6) is 0 Å². The topological polar surface area (TPSA) is 127 Å². The number of primary amides is 1. The number of rotatable bonds is 4. The lowest BCUT2D eigenvalue weighted by atomic mass is 10.1. The van der Waals surface area contributed by atoms with Gasteiger partial charge in [0.05, 0.1) is 0 Å². The number of carbonyl (C=O) groups excluding carboxylic acids is 1. The number of aliphatic hydroxyl groups is 2. The monoisotopic (exact) mass is 249 g/mol. The standard InChI is InChI=1S/C10H11N5O3/c11-9(18)8(17)7(16)6-3-13-10(14-4-6)15-2-1-12-5-15/h1-5,7-8,16-17H,(H2,11,18). The number of aliphatic hydroxyl groups excluding tert-OH is 2. The fourth-order valence-corrected chi connectivity index (χ4v) is 1.33. The molecule has 94 valence electrons. The average molecular weight is 249 g/mol. The number of nitrogens with two attached hydrogens (primary N) is 1. The van der Waals surface area contributed by atoms with E-state index in [1.807, 2.05) is 0 Å². The van der Waals surface area contributed by atoms with E-state index in [0.29, 0.717) is 5.95 Å². The molecule has 0 aromatic carbocycles. The first-order chi connectivity index (χ1) is 8.59. The molecule has 0 saturated carbocycles. The minimum Gasteiger partial charge on any atom is -0.385 e. The number of hydrogen-bond donors (Lipinski definition) is 3. The summed E-state index contributed by atoms with van der Waals surface area (Å²) in [6, 6.07) is 0. The molecule has 8 nitrogen and oxygen atoms in total. The summed E-state index contributed by atoms with van der Waals surface area (Å²) >= 11 is 0. The number of amides is 1. The molecular weight excluding hydrogens is 238 g/mol. The first-order valence-electron chi connectivity index (χ1n) is 5.05. The highest BCUT2D eigenvalue weighted by Crippen LogP contribution is 2.15. The molecule has 8 heteroatoms. The van der Waals surface area contributed by atoms with Crippen LogP contribution in [0.3, 0.4) is 0 Å². The number of carbonyl (C=O) groups is 1. The van der Waals surface area contributed by atoms with Gasteiger partial charge in [0.15, 0.2) is 6.10 Å². The number of imidazole rings is 1. The fraction of sp³-hybridized carbons (Fsp3) is 0.200. The lowest BCUT2D eigenvalue weighted by molar-refractivity contribution is -0.132. The lowest BCUT2D eigenvalue weighted by Crippen LogP contribution is -2.34. The van der Waals surface area contributed by atoms with Crippen LogP contribution in [0.4, 0.5) is 0 Å². The minimum atomic E-state index is -1.69. The summed E-state index contributed by atoms with van der Waals surface area (Å²) in [5, 5.41) is 18.9. The van der Waals surface area contributed by atoms with Gasteiger partial charge in [0.25, 0.3) is 0 Å². The molecule has 1 amide bonds. The van der Waals surface area contributed by atoms with Crippen molar-refractivity contribution in [2.45, 2.75) is 12.2 Å². The molecule has 4 N–H and O–H groups in total. The average Bonchev–Trinajstić information content (AvgIpc) is 2.91. The number of nitrogens with zero attached hydrogens (tertiary/aromatic N) is 4. The van der Waals surface area contributed by atoms with Crippen LogP contribution >= 0.6 is 0 Å². The van der Waals surface area contributed by atoms with Gasteiger partial charge in [-0.1, -0.05) is 0 Å². The van der Waals surface area contributed by atoms with Crippen molar-refractivity contribution in [3.63, 3.8) is 0 Å². The maximum atomic E-state index is 10.7. The largest absolute Gasteiger partial charge is 0.385 e. The van der Waals surface area contributed by atoms with Crippen LogP contribution in [0.25, 0.3) is 5.95 Å². The second-order valence-corrected chi connectivity index (χ2v) is 3.58. The minimum absolute atomic E-state index is 0.199. The van der Waals surface area contributed by atoms with E-state index >= 15 is 0 Å². The first-order valence-corrected chi connectivity index (χ1v) is 5.05. The molecule has 18 heavy (non-hydrogen) atoms. The predicted molar refractivity (Wildman–Crippen MR) is 59.3 cm³/mol. The van der Waals surface area contributed by atoms with Gasteiger partial charge in [-0.25, -0.2) is 15.0 Å². The SMILES string of the molecule is NC(=O)C(O)C(O)c1cnc(-n2ccnc2)nc1. The highest BCUT2D eigenvalue weighted by Gasteiger charge is 2.24. The van der Waals surface area contributed by atoms with Crippen LogP contribution < -0.4 is 5.73 Å². The molecule has 0 aliphatic heterocycles. The first kappa shape index (κ1) is 12.1. The van der Waals surface area contributed by atoms with E-state index in [2.05, 4.69) is 15.0 Å². The molecule has 0 spiro atoms. The van der Waals surface area contributed by atoms with E-state index < -0.39 is 18.1 Å². The third kappa shape index (κ3) is 2.34. The van der Waals surface area contributed by atoms with Crippen LogP contribution in [0.2, 0.25) is 0 Å². The Bertz CT molecular complexity index is 525. The lowest BCUT2D eigenvalue weighted by Gasteiger charge is -2.14. The molecule has 2 aromatic rings. The Kier molecular flexibility index (Phi) is 3.31. The summed E-state index contributed by atoms with van der Waals surface area (Å²) in [4.78, 5) is 22.5. The number of hydrogen-bond acceptors (Lipinski definition) is 6. The Balaban J connectivity index is 2.20. The second-order valence-electron chi connectivity index (χ2n) is 3.58. The van der Waals surface area contributed by atoms with Crippen LogP contribution in [-0.2, 0) is 4.79 Å². The van der Waals surface area contributed by atoms with E-state index in [-0.39, 0.29) is 5.56 Å². The highest BCUT2D eigenvalue weighted by atomic mass is 16.3. The molecule has 0 aliphatic rings. The molecule has 2 atom stereocenters. The molecule has 0 bridgehead atoms. The molecule has 2 rings (SSSR count). The quantitative estimate of drug-likeness (QED) is 0.607. The molecule has 2 unspecified atom stereocenters. The Hall–Kier alpha value is -2.32. The zero-order valence-electron chi connectivity index (χ0n) is 9.21. The molecule has 0 saturated heterocycles. The van der Waals surface area contributed by atoms with Gasteiger partial charge < -0.3 is 15.9 Å². The summed E-state index contributed by atoms with van der Waals surface area (Å²) < 4.78 is 1.57. The molecule has 0 radical (unpaired) electrons. The van der Waals surface area contributed by atoms with Gasteiger partial charge in [0.1, 0.15) is 12.4 Å². The Labute approximate surface area is 102 Å². The van der Waals surface area contributed by atoms with Gasteiger partial charge in [-0.3, -0.25) is 9.36 Å². The van der Waals surface area contributed by atoms with Gasteiger partial charge in [-0.05, 0) is 0 Å². The summed E-state index contributed by atoms with van der Waals surface area (Å²) in [5.74, 6) is -0.654. The second kappa shape index (κ2) is 4.90. The van der Waals surface area contributed by atoms with E-state index in [1.54, 1.807) is 17.0 Å². The van der Waals surface area contributed by atoms with E-state index in [9.17, 15) is 15.0 Å².